The van der Waals surface area contributed by atoms with Crippen LogP contribution in [0.25, 0.3) is 0 Å². The summed E-state index contributed by atoms with van der Waals surface area (Å²) in [5.74, 6) is -0.273. The van der Waals surface area contributed by atoms with Crippen molar-refractivity contribution in [2.24, 2.45) is 0 Å². The summed E-state index contributed by atoms with van der Waals surface area (Å²) in [6.07, 6.45) is -0.171. The lowest BCUT2D eigenvalue weighted by Gasteiger charge is -2.14. The average molecular weight is 320 g/mol. The van der Waals surface area contributed by atoms with Gasteiger partial charge in [0.1, 0.15) is 6.10 Å². The molecule has 2 heterocycles. The van der Waals surface area contributed by atoms with E-state index in [2.05, 4.69) is 10.3 Å². The number of thiophene rings is 1. The van der Waals surface area contributed by atoms with Crippen LogP contribution >= 0.6 is 11.3 Å². The number of hydrogen-bond donors (Lipinski definition) is 2. The van der Waals surface area contributed by atoms with E-state index in [0.717, 1.165) is 4.88 Å². The van der Waals surface area contributed by atoms with Crippen molar-refractivity contribution < 1.29 is 14.3 Å². The molecule has 0 bridgehead atoms. The Balaban J connectivity index is 2.11. The molecular formula is C16H20N2O3S. The zero-order chi connectivity index (χ0) is 16.3. The second-order valence-electron chi connectivity index (χ2n) is 5.13. The van der Waals surface area contributed by atoms with E-state index in [0.29, 0.717) is 29.1 Å². The van der Waals surface area contributed by atoms with Gasteiger partial charge in [0.25, 0.3) is 5.91 Å². The predicted octanol–water partition coefficient (Wildman–Crippen LogP) is 3.01. The number of ether oxygens (including phenoxy) is 1. The maximum absolute atomic E-state index is 12.4. The van der Waals surface area contributed by atoms with Crippen LogP contribution in [0.1, 0.15) is 50.0 Å². The van der Waals surface area contributed by atoms with E-state index in [-0.39, 0.29) is 17.8 Å². The molecule has 5 nitrogen and oxygen atoms in total. The first kappa shape index (κ1) is 16.5. The van der Waals surface area contributed by atoms with Crippen molar-refractivity contribution in [3.63, 3.8) is 0 Å². The van der Waals surface area contributed by atoms with Crippen LogP contribution in [-0.4, -0.2) is 30.3 Å². The first-order valence-corrected chi connectivity index (χ1v) is 7.88. The molecule has 1 atom stereocenters. The Morgan fingerprint density at radius 1 is 1.41 bits per heavy atom. The van der Waals surface area contributed by atoms with Gasteiger partial charge in [0.05, 0.1) is 11.3 Å². The van der Waals surface area contributed by atoms with E-state index in [1.165, 1.54) is 6.92 Å². The molecule has 2 rings (SSSR count). The van der Waals surface area contributed by atoms with Gasteiger partial charge in [0.2, 0.25) is 0 Å². The SMILES string of the molecule is CO[C@@H](CNC(=O)c1c(C)[nH]c(C(C)=O)c1C)c1cccs1. The number of aromatic amines is 1. The fourth-order valence-electron chi connectivity index (χ4n) is 2.49. The third kappa shape index (κ3) is 3.28. The molecule has 0 spiro atoms. The number of aryl methyl sites for hydroxylation is 1. The maximum atomic E-state index is 12.4. The number of methoxy groups -OCH3 is 1. The lowest BCUT2D eigenvalue weighted by Crippen LogP contribution is -2.29. The van der Waals surface area contributed by atoms with E-state index in [9.17, 15) is 9.59 Å². The fourth-order valence-corrected chi connectivity index (χ4v) is 3.29. The molecule has 0 aromatic carbocycles. The van der Waals surface area contributed by atoms with Gasteiger partial charge in [-0.2, -0.15) is 0 Å². The summed E-state index contributed by atoms with van der Waals surface area (Å²) >= 11 is 1.59. The number of rotatable bonds is 6. The van der Waals surface area contributed by atoms with Crippen molar-refractivity contribution in [1.29, 1.82) is 0 Å². The number of carbonyl (C=O) groups excluding carboxylic acids is 2. The van der Waals surface area contributed by atoms with Crippen LogP contribution in [0.2, 0.25) is 0 Å². The summed E-state index contributed by atoms with van der Waals surface area (Å²) < 4.78 is 5.42. The Morgan fingerprint density at radius 3 is 2.64 bits per heavy atom. The maximum Gasteiger partial charge on any atom is 0.253 e. The number of ketones is 1. The van der Waals surface area contributed by atoms with Gasteiger partial charge >= 0.3 is 0 Å². The highest BCUT2D eigenvalue weighted by molar-refractivity contribution is 7.10. The molecular weight excluding hydrogens is 300 g/mol. The van der Waals surface area contributed by atoms with E-state index >= 15 is 0 Å². The highest BCUT2D eigenvalue weighted by Gasteiger charge is 2.21. The molecule has 0 aliphatic rings. The molecule has 22 heavy (non-hydrogen) atoms. The van der Waals surface area contributed by atoms with Crippen LogP contribution in [0.4, 0.5) is 0 Å². The molecule has 0 radical (unpaired) electrons. The number of aromatic nitrogens is 1. The fraction of sp³-hybridized carbons (Fsp3) is 0.375. The zero-order valence-corrected chi connectivity index (χ0v) is 14.0. The summed E-state index contributed by atoms with van der Waals surface area (Å²) in [4.78, 5) is 28.0. The number of hydrogen-bond acceptors (Lipinski definition) is 4. The number of Topliss-reactive ketones (excluding diaryl/α,β-unsaturated/α-hetero) is 1. The van der Waals surface area contributed by atoms with Gasteiger partial charge in [-0.3, -0.25) is 9.59 Å². The lowest BCUT2D eigenvalue weighted by atomic mass is 10.1. The summed E-state index contributed by atoms with van der Waals surface area (Å²) in [7, 11) is 1.62. The third-order valence-electron chi connectivity index (χ3n) is 3.61. The van der Waals surface area contributed by atoms with Gasteiger partial charge in [-0.15, -0.1) is 11.3 Å². The van der Waals surface area contributed by atoms with Gasteiger partial charge in [0.15, 0.2) is 5.78 Å². The summed E-state index contributed by atoms with van der Waals surface area (Å²) in [6.45, 7) is 5.44. The molecule has 0 saturated carbocycles. The Kier molecular flexibility index (Phi) is 5.15. The molecule has 2 N–H and O–H groups in total. The highest BCUT2D eigenvalue weighted by atomic mass is 32.1. The zero-order valence-electron chi connectivity index (χ0n) is 13.1. The van der Waals surface area contributed by atoms with Crippen molar-refractivity contribution in [2.75, 3.05) is 13.7 Å². The largest absolute Gasteiger partial charge is 0.374 e. The minimum Gasteiger partial charge on any atom is -0.374 e. The number of carbonyl (C=O) groups is 2. The van der Waals surface area contributed by atoms with Crippen molar-refractivity contribution in [2.45, 2.75) is 26.9 Å². The number of amides is 1. The molecule has 118 valence electrons. The van der Waals surface area contributed by atoms with Crippen LogP contribution in [-0.2, 0) is 4.74 Å². The normalized spacial score (nSPS) is 12.2. The van der Waals surface area contributed by atoms with Gasteiger partial charge in [-0.1, -0.05) is 6.07 Å². The molecule has 1 amide bonds. The van der Waals surface area contributed by atoms with Crippen molar-refractivity contribution in [3.8, 4) is 0 Å². The van der Waals surface area contributed by atoms with Gasteiger partial charge in [-0.05, 0) is 30.9 Å². The minimum atomic E-state index is -0.197. The topological polar surface area (TPSA) is 71.2 Å². The van der Waals surface area contributed by atoms with Crippen LogP contribution in [0.3, 0.4) is 0 Å². The van der Waals surface area contributed by atoms with Crippen LogP contribution in [0.15, 0.2) is 17.5 Å². The van der Waals surface area contributed by atoms with Crippen molar-refractivity contribution in [1.82, 2.24) is 10.3 Å². The second-order valence-corrected chi connectivity index (χ2v) is 6.11. The molecule has 0 fully saturated rings. The van der Waals surface area contributed by atoms with Crippen LogP contribution in [0, 0.1) is 13.8 Å². The molecule has 0 aliphatic heterocycles. The summed E-state index contributed by atoms with van der Waals surface area (Å²) in [5.41, 5.74) is 2.41. The van der Waals surface area contributed by atoms with E-state index in [1.54, 1.807) is 32.3 Å². The smallest absolute Gasteiger partial charge is 0.253 e. The van der Waals surface area contributed by atoms with Gasteiger partial charge in [0, 0.05) is 31.1 Å². The molecule has 6 heteroatoms. The third-order valence-corrected chi connectivity index (χ3v) is 4.57. The second kappa shape index (κ2) is 6.89. The Labute approximate surface area is 133 Å². The molecule has 2 aromatic rings. The quantitative estimate of drug-likeness (QED) is 0.804. The first-order chi connectivity index (χ1) is 10.5. The average Bonchev–Trinajstić information content (AvgIpc) is 3.08. The van der Waals surface area contributed by atoms with E-state index in [1.807, 2.05) is 17.5 Å². The van der Waals surface area contributed by atoms with E-state index in [4.69, 9.17) is 4.74 Å². The van der Waals surface area contributed by atoms with Crippen LogP contribution < -0.4 is 5.32 Å². The predicted molar refractivity (Wildman–Crippen MR) is 86.7 cm³/mol. The van der Waals surface area contributed by atoms with Gasteiger partial charge < -0.3 is 15.0 Å². The minimum absolute atomic E-state index is 0.0759. The standard InChI is InChI=1S/C16H20N2O3S/c1-9-14(10(2)18-15(9)11(3)19)16(20)17-8-12(21-4)13-6-5-7-22-13/h5-7,12,18H,8H2,1-4H3,(H,17,20)/t12-/m0/s1. The Morgan fingerprint density at radius 2 is 2.14 bits per heavy atom. The molecule has 0 aliphatic carbocycles. The van der Waals surface area contributed by atoms with Gasteiger partial charge in [-0.25, -0.2) is 0 Å². The van der Waals surface area contributed by atoms with Crippen molar-refractivity contribution in [3.05, 3.63) is 44.9 Å². The molecule has 2 aromatic heterocycles. The monoisotopic (exact) mass is 320 g/mol. The number of H-pyrrole nitrogens is 1. The summed E-state index contributed by atoms with van der Waals surface area (Å²) in [6, 6.07) is 3.93. The number of nitrogens with one attached hydrogen (secondary N) is 2. The Hall–Kier alpha value is -1.92. The Bertz CT molecular complexity index is 674. The highest BCUT2D eigenvalue weighted by Crippen LogP contribution is 2.22. The lowest BCUT2D eigenvalue weighted by molar-refractivity contribution is 0.0837. The first-order valence-electron chi connectivity index (χ1n) is 7.00. The van der Waals surface area contributed by atoms with Crippen molar-refractivity contribution >= 4 is 23.0 Å². The summed E-state index contributed by atoms with van der Waals surface area (Å²) in [5, 5.41) is 4.86. The van der Waals surface area contributed by atoms with E-state index < -0.39 is 0 Å². The van der Waals surface area contributed by atoms with Crippen LogP contribution in [0.5, 0.6) is 0 Å². The molecule has 0 saturated heterocycles. The molecule has 0 unspecified atom stereocenters.